The zero-order valence-corrected chi connectivity index (χ0v) is 16.1. The molecule has 8 heteroatoms. The first-order chi connectivity index (χ1) is 12.3. The summed E-state index contributed by atoms with van der Waals surface area (Å²) in [7, 11) is -2.16. The quantitative estimate of drug-likeness (QED) is 0.718. The topological polar surface area (TPSA) is 84.5 Å². The number of carbonyl (C=O) groups is 1. The fourth-order valence-electron chi connectivity index (χ4n) is 2.32. The van der Waals surface area contributed by atoms with Gasteiger partial charge < -0.3 is 10.1 Å². The number of benzene rings is 2. The van der Waals surface area contributed by atoms with E-state index in [1.165, 1.54) is 31.4 Å². The Balaban J connectivity index is 2.02. The van der Waals surface area contributed by atoms with Crippen molar-refractivity contribution in [1.29, 1.82) is 0 Å². The zero-order chi connectivity index (χ0) is 19.2. The largest absolute Gasteiger partial charge is 0.383 e. The van der Waals surface area contributed by atoms with Crippen LogP contribution in [0, 0.1) is 0 Å². The van der Waals surface area contributed by atoms with Crippen LogP contribution in [0.3, 0.4) is 0 Å². The second-order valence-corrected chi connectivity index (χ2v) is 7.90. The van der Waals surface area contributed by atoms with Crippen molar-refractivity contribution in [3.05, 3.63) is 64.7 Å². The second kappa shape index (κ2) is 9.14. The molecule has 26 heavy (non-hydrogen) atoms. The van der Waals surface area contributed by atoms with Gasteiger partial charge >= 0.3 is 0 Å². The molecule has 0 aliphatic heterocycles. The highest BCUT2D eigenvalue weighted by Crippen LogP contribution is 2.15. The number of amides is 1. The standard InChI is InChI=1S/C18H21ClN2O4S/c1-13(12-25-2)21-26(23,24)16-9-7-14(8-10-16)18(22)20-11-15-5-3-4-6-17(15)19/h3-10,13,21H,11-12H2,1-2H3,(H,20,22)/t13-/m0/s1. The van der Waals surface area contributed by atoms with Crippen LogP contribution in [0.2, 0.25) is 5.02 Å². The fourth-order valence-corrected chi connectivity index (χ4v) is 3.75. The zero-order valence-electron chi connectivity index (χ0n) is 14.5. The third-order valence-electron chi connectivity index (χ3n) is 3.60. The van der Waals surface area contributed by atoms with E-state index in [0.717, 1.165) is 5.56 Å². The maximum atomic E-state index is 12.3. The van der Waals surface area contributed by atoms with E-state index in [4.69, 9.17) is 16.3 Å². The maximum Gasteiger partial charge on any atom is 0.251 e. The Labute approximate surface area is 158 Å². The Morgan fingerprint density at radius 1 is 1.15 bits per heavy atom. The lowest BCUT2D eigenvalue weighted by atomic mass is 10.2. The van der Waals surface area contributed by atoms with Gasteiger partial charge in [-0.1, -0.05) is 29.8 Å². The number of hydrogen-bond acceptors (Lipinski definition) is 4. The van der Waals surface area contributed by atoms with E-state index in [9.17, 15) is 13.2 Å². The SMILES string of the molecule is COC[C@H](C)NS(=O)(=O)c1ccc(C(=O)NCc2ccccc2Cl)cc1. The molecule has 0 heterocycles. The summed E-state index contributed by atoms with van der Waals surface area (Å²) < 4.78 is 32.0. The van der Waals surface area contributed by atoms with Gasteiger partial charge in [-0.2, -0.15) is 0 Å². The monoisotopic (exact) mass is 396 g/mol. The summed E-state index contributed by atoms with van der Waals surface area (Å²) in [6.07, 6.45) is 0. The van der Waals surface area contributed by atoms with Gasteiger partial charge in [0.25, 0.3) is 5.91 Å². The van der Waals surface area contributed by atoms with E-state index in [0.29, 0.717) is 10.6 Å². The third kappa shape index (κ3) is 5.54. The average Bonchev–Trinajstić information content (AvgIpc) is 2.60. The Morgan fingerprint density at radius 2 is 1.81 bits per heavy atom. The van der Waals surface area contributed by atoms with Crippen molar-refractivity contribution in [3.8, 4) is 0 Å². The number of ether oxygens (including phenoxy) is 1. The van der Waals surface area contributed by atoms with E-state index in [1.54, 1.807) is 13.0 Å². The van der Waals surface area contributed by atoms with Crippen LogP contribution in [0.15, 0.2) is 53.4 Å². The van der Waals surface area contributed by atoms with Crippen LogP contribution in [0.25, 0.3) is 0 Å². The summed E-state index contributed by atoms with van der Waals surface area (Å²) in [5.74, 6) is -0.311. The van der Waals surface area contributed by atoms with Crippen molar-refractivity contribution >= 4 is 27.5 Å². The number of halogens is 1. The van der Waals surface area contributed by atoms with Crippen LogP contribution in [0.4, 0.5) is 0 Å². The molecule has 0 saturated heterocycles. The lowest BCUT2D eigenvalue weighted by Crippen LogP contribution is -2.35. The van der Waals surface area contributed by atoms with Gasteiger partial charge in [-0.15, -0.1) is 0 Å². The normalized spacial score (nSPS) is 12.6. The van der Waals surface area contributed by atoms with Crippen molar-refractivity contribution < 1.29 is 17.9 Å². The summed E-state index contributed by atoms with van der Waals surface area (Å²) >= 11 is 6.05. The summed E-state index contributed by atoms with van der Waals surface area (Å²) in [6.45, 7) is 2.26. The molecule has 140 valence electrons. The summed E-state index contributed by atoms with van der Waals surface area (Å²) in [5, 5.41) is 3.33. The molecule has 0 aliphatic rings. The van der Waals surface area contributed by atoms with Gasteiger partial charge in [-0.25, -0.2) is 13.1 Å². The molecule has 0 spiro atoms. The van der Waals surface area contributed by atoms with Crippen molar-refractivity contribution in [3.63, 3.8) is 0 Å². The molecule has 0 aliphatic carbocycles. The molecular formula is C18H21ClN2O4S. The first kappa shape index (κ1) is 20.4. The predicted molar refractivity (Wildman–Crippen MR) is 101 cm³/mol. The summed E-state index contributed by atoms with van der Waals surface area (Å²) in [6, 6.07) is 12.6. The Kier molecular flexibility index (Phi) is 7.16. The Hall–Kier alpha value is -1.93. The highest BCUT2D eigenvalue weighted by Gasteiger charge is 2.18. The van der Waals surface area contributed by atoms with Gasteiger partial charge in [0.15, 0.2) is 0 Å². The molecule has 2 rings (SSSR count). The lowest BCUT2D eigenvalue weighted by molar-refractivity contribution is 0.0951. The average molecular weight is 397 g/mol. The number of rotatable bonds is 8. The van der Waals surface area contributed by atoms with Crippen molar-refractivity contribution in [2.45, 2.75) is 24.4 Å². The van der Waals surface area contributed by atoms with E-state index >= 15 is 0 Å². The summed E-state index contributed by atoms with van der Waals surface area (Å²) in [4.78, 5) is 12.3. The molecule has 0 unspecified atom stereocenters. The molecule has 1 amide bonds. The number of nitrogens with one attached hydrogen (secondary N) is 2. The van der Waals surface area contributed by atoms with E-state index in [1.807, 2.05) is 18.2 Å². The van der Waals surface area contributed by atoms with E-state index in [-0.39, 0.29) is 30.0 Å². The van der Waals surface area contributed by atoms with Gasteiger partial charge in [-0.05, 0) is 42.8 Å². The molecule has 0 saturated carbocycles. The van der Waals surface area contributed by atoms with Gasteiger partial charge in [0.2, 0.25) is 10.0 Å². The first-order valence-electron chi connectivity index (χ1n) is 7.96. The second-order valence-electron chi connectivity index (χ2n) is 5.78. The number of hydrogen-bond donors (Lipinski definition) is 2. The Morgan fingerprint density at radius 3 is 2.42 bits per heavy atom. The number of methoxy groups -OCH3 is 1. The van der Waals surface area contributed by atoms with Crippen molar-refractivity contribution in [2.75, 3.05) is 13.7 Å². The molecule has 6 nitrogen and oxygen atoms in total. The minimum Gasteiger partial charge on any atom is -0.383 e. The van der Waals surface area contributed by atoms with Crippen LogP contribution in [0.1, 0.15) is 22.8 Å². The lowest BCUT2D eigenvalue weighted by Gasteiger charge is -2.13. The molecule has 2 aromatic carbocycles. The number of sulfonamides is 1. The molecule has 1 atom stereocenters. The molecule has 2 N–H and O–H groups in total. The van der Waals surface area contributed by atoms with Gasteiger partial charge in [0.05, 0.1) is 11.5 Å². The van der Waals surface area contributed by atoms with Gasteiger partial charge in [-0.3, -0.25) is 4.79 Å². The molecular weight excluding hydrogens is 376 g/mol. The van der Waals surface area contributed by atoms with Crippen LogP contribution >= 0.6 is 11.6 Å². The van der Waals surface area contributed by atoms with Gasteiger partial charge in [0, 0.05) is 30.3 Å². The molecule has 0 bridgehead atoms. The first-order valence-corrected chi connectivity index (χ1v) is 9.82. The van der Waals surface area contributed by atoms with Gasteiger partial charge in [0.1, 0.15) is 0 Å². The van der Waals surface area contributed by atoms with Crippen LogP contribution < -0.4 is 10.0 Å². The predicted octanol–water partition coefficient (Wildman–Crippen LogP) is 2.58. The summed E-state index contributed by atoms with van der Waals surface area (Å²) in [5.41, 5.74) is 1.17. The number of carbonyl (C=O) groups excluding carboxylic acids is 1. The Bertz CT molecular complexity index is 854. The molecule has 2 aromatic rings. The molecule has 0 aromatic heterocycles. The molecule has 0 radical (unpaired) electrons. The van der Waals surface area contributed by atoms with Crippen molar-refractivity contribution in [1.82, 2.24) is 10.0 Å². The third-order valence-corrected chi connectivity index (χ3v) is 5.57. The maximum absolute atomic E-state index is 12.3. The van der Waals surface area contributed by atoms with Crippen LogP contribution in [-0.2, 0) is 21.3 Å². The minimum absolute atomic E-state index is 0.0862. The molecule has 0 fully saturated rings. The highest BCUT2D eigenvalue weighted by molar-refractivity contribution is 7.89. The van der Waals surface area contributed by atoms with E-state index in [2.05, 4.69) is 10.0 Å². The highest BCUT2D eigenvalue weighted by atomic mass is 35.5. The fraction of sp³-hybridized carbons (Fsp3) is 0.278. The minimum atomic E-state index is -3.66. The van der Waals surface area contributed by atoms with Crippen LogP contribution in [0.5, 0.6) is 0 Å². The van der Waals surface area contributed by atoms with Crippen molar-refractivity contribution in [2.24, 2.45) is 0 Å². The smallest absolute Gasteiger partial charge is 0.251 e. The van der Waals surface area contributed by atoms with Crippen LogP contribution in [-0.4, -0.2) is 34.1 Å². The van der Waals surface area contributed by atoms with E-state index < -0.39 is 10.0 Å².